The van der Waals surface area contributed by atoms with Gasteiger partial charge in [0.2, 0.25) is 0 Å². The van der Waals surface area contributed by atoms with Crippen LogP contribution in [-0.2, 0) is 16.2 Å². The van der Waals surface area contributed by atoms with Crippen LogP contribution in [0.4, 0.5) is 17.1 Å². The van der Waals surface area contributed by atoms with Crippen molar-refractivity contribution in [1.29, 1.82) is 0 Å². The Bertz CT molecular complexity index is 2650. The average molecular weight is 654 g/mol. The van der Waals surface area contributed by atoms with Gasteiger partial charge < -0.3 is 13.7 Å². The Morgan fingerprint density at radius 1 is 0.520 bits per heavy atom. The van der Waals surface area contributed by atoms with E-state index in [1.54, 1.807) is 0 Å². The number of furan rings is 2. The lowest BCUT2D eigenvalue weighted by molar-refractivity contribution is 0.559. The van der Waals surface area contributed by atoms with Crippen molar-refractivity contribution < 1.29 is 8.83 Å². The maximum Gasteiger partial charge on any atom is 0.139 e. The van der Waals surface area contributed by atoms with Crippen molar-refractivity contribution in [2.24, 2.45) is 0 Å². The second-order valence-electron chi connectivity index (χ2n) is 16.7. The molecule has 8 aromatic rings. The van der Waals surface area contributed by atoms with Gasteiger partial charge in [-0.05, 0) is 87.2 Å². The van der Waals surface area contributed by atoms with Crippen LogP contribution in [-0.4, -0.2) is 0 Å². The van der Waals surface area contributed by atoms with Gasteiger partial charge in [0.25, 0.3) is 0 Å². The fourth-order valence-corrected chi connectivity index (χ4v) is 8.21. The Balaban J connectivity index is 1.36. The molecule has 9 rings (SSSR count). The van der Waals surface area contributed by atoms with Gasteiger partial charge in [0.05, 0.1) is 11.1 Å². The summed E-state index contributed by atoms with van der Waals surface area (Å²) in [7, 11) is 0. The first-order valence-corrected chi connectivity index (χ1v) is 17.8. The molecule has 50 heavy (non-hydrogen) atoms. The summed E-state index contributed by atoms with van der Waals surface area (Å²) in [6, 6.07) is 42.0. The highest BCUT2D eigenvalue weighted by atomic mass is 16.3. The highest BCUT2D eigenvalue weighted by Gasteiger charge is 2.36. The molecule has 3 heteroatoms. The molecule has 0 saturated heterocycles. The van der Waals surface area contributed by atoms with Gasteiger partial charge in [-0.15, -0.1) is 0 Å². The zero-order valence-corrected chi connectivity index (χ0v) is 30.2. The van der Waals surface area contributed by atoms with Gasteiger partial charge in [0.1, 0.15) is 22.3 Å². The molecule has 0 atom stereocenters. The fraction of sp³-hybridized carbons (Fsp3) is 0.234. The molecule has 1 aliphatic carbocycles. The molecule has 0 saturated carbocycles. The third kappa shape index (κ3) is 4.49. The monoisotopic (exact) mass is 653 g/mol. The van der Waals surface area contributed by atoms with E-state index in [-0.39, 0.29) is 16.2 Å². The number of para-hydroxylation sites is 1. The molecule has 0 spiro atoms. The second kappa shape index (κ2) is 10.4. The van der Waals surface area contributed by atoms with Crippen LogP contribution in [0, 0.1) is 0 Å². The molecule has 0 aliphatic heterocycles. The van der Waals surface area contributed by atoms with Crippen LogP contribution in [0.1, 0.15) is 77.6 Å². The van der Waals surface area contributed by atoms with E-state index in [4.69, 9.17) is 8.83 Å². The van der Waals surface area contributed by atoms with Gasteiger partial charge >= 0.3 is 0 Å². The van der Waals surface area contributed by atoms with Gasteiger partial charge in [0.15, 0.2) is 0 Å². The second-order valence-corrected chi connectivity index (χ2v) is 16.7. The molecule has 6 aromatic carbocycles. The molecule has 0 amide bonds. The lowest BCUT2D eigenvalue weighted by Gasteiger charge is -2.28. The third-order valence-corrected chi connectivity index (χ3v) is 10.9. The van der Waals surface area contributed by atoms with Crippen molar-refractivity contribution in [2.45, 2.75) is 71.6 Å². The topological polar surface area (TPSA) is 29.5 Å². The summed E-state index contributed by atoms with van der Waals surface area (Å²) in [6.07, 6.45) is 0. The maximum atomic E-state index is 6.85. The first-order chi connectivity index (χ1) is 23.8. The van der Waals surface area contributed by atoms with E-state index in [2.05, 4.69) is 163 Å². The standard InChI is InChI=1S/C47H43NO2/c1-45(2,3)28-24-35-43-39(17-13-19-41(43)50-44(35)38(25-28)46(4,5)6)48(30-20-22-33-32-15-10-12-18-40(32)49-42(33)27-30)29-21-23-37-34(26-29)31-14-9-11-16-36(31)47(37,7)8/h9-27H,1-8H3. The Morgan fingerprint density at radius 2 is 1.20 bits per heavy atom. The minimum absolute atomic E-state index is 0.0288. The summed E-state index contributed by atoms with van der Waals surface area (Å²) < 4.78 is 13.3. The summed E-state index contributed by atoms with van der Waals surface area (Å²) in [6.45, 7) is 18.4. The van der Waals surface area contributed by atoms with Crippen LogP contribution >= 0.6 is 0 Å². The molecule has 2 heterocycles. The number of benzene rings is 6. The van der Waals surface area contributed by atoms with E-state index < -0.39 is 0 Å². The lowest BCUT2D eigenvalue weighted by Crippen LogP contribution is -2.16. The van der Waals surface area contributed by atoms with Gasteiger partial charge in [-0.25, -0.2) is 0 Å². The van der Waals surface area contributed by atoms with Gasteiger partial charge in [-0.3, -0.25) is 0 Å². The van der Waals surface area contributed by atoms with Gasteiger partial charge in [-0.1, -0.05) is 116 Å². The summed E-state index contributed by atoms with van der Waals surface area (Å²) >= 11 is 0. The van der Waals surface area contributed by atoms with Crippen molar-refractivity contribution in [3.63, 3.8) is 0 Å². The summed E-state index contributed by atoms with van der Waals surface area (Å²) in [5.41, 5.74) is 14.5. The molecule has 0 N–H and O–H groups in total. The molecular formula is C47H43NO2. The number of hydrogen-bond donors (Lipinski definition) is 0. The van der Waals surface area contributed by atoms with Crippen LogP contribution in [0.15, 0.2) is 124 Å². The number of hydrogen-bond acceptors (Lipinski definition) is 3. The molecule has 0 fully saturated rings. The van der Waals surface area contributed by atoms with Crippen molar-refractivity contribution in [2.75, 3.05) is 4.90 Å². The molecule has 248 valence electrons. The maximum absolute atomic E-state index is 6.85. The molecule has 3 nitrogen and oxygen atoms in total. The third-order valence-electron chi connectivity index (χ3n) is 10.9. The zero-order chi connectivity index (χ0) is 34.7. The molecule has 0 unspecified atom stereocenters. The molecule has 1 aliphatic rings. The van der Waals surface area contributed by atoms with Crippen LogP contribution in [0.3, 0.4) is 0 Å². The lowest BCUT2D eigenvalue weighted by atomic mass is 9.79. The summed E-state index contributed by atoms with van der Waals surface area (Å²) in [5, 5.41) is 4.51. The van der Waals surface area contributed by atoms with E-state index in [1.165, 1.54) is 33.4 Å². The normalized spacial score (nSPS) is 14.2. The zero-order valence-electron chi connectivity index (χ0n) is 30.2. The SMILES string of the molecule is CC(C)(C)c1cc(C(C)(C)C)c2oc3cccc(N(c4ccc5c(c4)-c4ccccc4C5(C)C)c4ccc5c(c4)oc4ccccc45)c3c2c1. The first kappa shape index (κ1) is 30.8. The first-order valence-electron chi connectivity index (χ1n) is 17.8. The van der Waals surface area contributed by atoms with E-state index in [0.29, 0.717) is 0 Å². The summed E-state index contributed by atoms with van der Waals surface area (Å²) in [4.78, 5) is 2.40. The highest BCUT2D eigenvalue weighted by molar-refractivity contribution is 6.15. The predicted molar refractivity (Wildman–Crippen MR) is 211 cm³/mol. The molecular weight excluding hydrogens is 611 g/mol. The number of anilines is 3. The van der Waals surface area contributed by atoms with Crippen LogP contribution in [0.5, 0.6) is 0 Å². The van der Waals surface area contributed by atoms with Crippen molar-refractivity contribution in [3.05, 3.63) is 138 Å². The quantitative estimate of drug-likeness (QED) is 0.190. The molecule has 2 aromatic heterocycles. The largest absolute Gasteiger partial charge is 0.456 e. The highest BCUT2D eigenvalue weighted by Crippen LogP contribution is 2.52. The van der Waals surface area contributed by atoms with Crippen molar-refractivity contribution in [3.8, 4) is 11.1 Å². The average Bonchev–Trinajstić information content (AvgIpc) is 3.71. The Labute approximate surface area is 294 Å². The van der Waals surface area contributed by atoms with Crippen LogP contribution in [0.25, 0.3) is 55.0 Å². The Kier molecular flexibility index (Phi) is 6.38. The number of rotatable bonds is 3. The van der Waals surface area contributed by atoms with Crippen LogP contribution < -0.4 is 4.90 Å². The van der Waals surface area contributed by atoms with E-state index in [9.17, 15) is 0 Å². The number of fused-ring (bicyclic) bond motifs is 9. The van der Waals surface area contributed by atoms with E-state index >= 15 is 0 Å². The predicted octanol–water partition coefficient (Wildman–Crippen LogP) is 13.9. The minimum atomic E-state index is -0.0975. The van der Waals surface area contributed by atoms with Gasteiger partial charge in [0, 0.05) is 44.6 Å². The fourth-order valence-electron chi connectivity index (χ4n) is 8.21. The van der Waals surface area contributed by atoms with E-state index in [0.717, 1.165) is 60.9 Å². The Morgan fingerprint density at radius 3 is 2.00 bits per heavy atom. The molecule has 0 radical (unpaired) electrons. The number of nitrogens with zero attached hydrogens (tertiary/aromatic N) is 1. The van der Waals surface area contributed by atoms with E-state index in [1.807, 2.05) is 12.1 Å². The summed E-state index contributed by atoms with van der Waals surface area (Å²) in [5.74, 6) is 0. The minimum Gasteiger partial charge on any atom is -0.456 e. The van der Waals surface area contributed by atoms with Crippen molar-refractivity contribution >= 4 is 60.9 Å². The van der Waals surface area contributed by atoms with Gasteiger partial charge in [-0.2, -0.15) is 0 Å². The van der Waals surface area contributed by atoms with Crippen molar-refractivity contribution in [1.82, 2.24) is 0 Å². The smallest absolute Gasteiger partial charge is 0.139 e. The molecule has 0 bridgehead atoms. The van der Waals surface area contributed by atoms with Crippen LogP contribution in [0.2, 0.25) is 0 Å². The Hall–Kier alpha value is -5.28.